The van der Waals surface area contributed by atoms with E-state index in [1.807, 2.05) is 0 Å². The lowest BCUT2D eigenvalue weighted by atomic mass is 10.1. The lowest BCUT2D eigenvalue weighted by Gasteiger charge is -2.20. The summed E-state index contributed by atoms with van der Waals surface area (Å²) in [5, 5.41) is 5.75. The van der Waals surface area contributed by atoms with E-state index < -0.39 is 6.04 Å². The van der Waals surface area contributed by atoms with Crippen LogP contribution in [0.4, 0.5) is 5.69 Å². The molecule has 0 saturated carbocycles. The minimum atomic E-state index is -0.571. The maximum Gasteiger partial charge on any atom is 0.268 e. The number of hydrogen-bond acceptors (Lipinski definition) is 3. The Morgan fingerprint density at radius 2 is 2.00 bits per heavy atom. The van der Waals surface area contributed by atoms with Crippen molar-refractivity contribution in [1.82, 2.24) is 14.8 Å². The van der Waals surface area contributed by atoms with E-state index in [2.05, 4.69) is 10.6 Å². The SMILES string of the molecule is Cn1cccc1C(=O)NC1CC2C(=O)Nc3ccccc3C(=O)N2C1. The summed E-state index contributed by atoms with van der Waals surface area (Å²) in [4.78, 5) is 39.2. The second kappa shape index (κ2) is 5.77. The molecule has 1 fully saturated rings. The predicted octanol–water partition coefficient (Wildman–Crippen LogP) is 0.990. The summed E-state index contributed by atoms with van der Waals surface area (Å²) in [6.45, 7) is 0.321. The first-order valence-electron chi connectivity index (χ1n) is 8.17. The van der Waals surface area contributed by atoms with E-state index >= 15 is 0 Å². The molecule has 0 bridgehead atoms. The summed E-state index contributed by atoms with van der Waals surface area (Å²) in [6, 6.07) is 9.69. The number of carbonyl (C=O) groups is 3. The first-order chi connectivity index (χ1) is 12.0. The number of anilines is 1. The molecule has 0 radical (unpaired) electrons. The van der Waals surface area contributed by atoms with Crippen LogP contribution in [0.5, 0.6) is 0 Å². The Morgan fingerprint density at radius 3 is 2.76 bits per heavy atom. The molecule has 2 atom stereocenters. The molecular formula is C18H18N4O3. The molecule has 1 aromatic carbocycles. The number of amides is 3. The molecule has 2 N–H and O–H groups in total. The van der Waals surface area contributed by atoms with E-state index in [0.717, 1.165) is 0 Å². The number of nitrogens with one attached hydrogen (secondary N) is 2. The number of benzene rings is 1. The summed E-state index contributed by atoms with van der Waals surface area (Å²) >= 11 is 0. The fourth-order valence-electron chi connectivity index (χ4n) is 3.52. The van der Waals surface area contributed by atoms with Crippen molar-refractivity contribution in [2.24, 2.45) is 7.05 Å². The first kappa shape index (κ1) is 15.4. The molecule has 1 aromatic heterocycles. The maximum atomic E-state index is 12.8. The van der Waals surface area contributed by atoms with Gasteiger partial charge in [-0.2, -0.15) is 0 Å². The summed E-state index contributed by atoms with van der Waals surface area (Å²) in [7, 11) is 1.80. The van der Waals surface area contributed by atoms with Crippen molar-refractivity contribution in [3.8, 4) is 0 Å². The Labute approximate surface area is 144 Å². The smallest absolute Gasteiger partial charge is 0.268 e. The zero-order valence-electron chi connectivity index (χ0n) is 13.7. The highest BCUT2D eigenvalue weighted by Crippen LogP contribution is 2.28. The van der Waals surface area contributed by atoms with Crippen LogP contribution in [0.2, 0.25) is 0 Å². The Balaban J connectivity index is 1.55. The summed E-state index contributed by atoms with van der Waals surface area (Å²) in [6.07, 6.45) is 2.20. The predicted molar refractivity (Wildman–Crippen MR) is 91.2 cm³/mol. The Bertz CT molecular complexity index is 873. The van der Waals surface area contributed by atoms with Gasteiger partial charge in [-0.15, -0.1) is 0 Å². The quantitative estimate of drug-likeness (QED) is 0.857. The van der Waals surface area contributed by atoms with E-state index in [1.54, 1.807) is 59.1 Å². The van der Waals surface area contributed by atoms with Crippen LogP contribution in [0.1, 0.15) is 27.3 Å². The standard InChI is InChI=1S/C18H18N4O3/c1-21-8-4-7-14(21)16(23)19-11-9-15-17(24)20-13-6-3-2-5-12(13)18(25)22(15)10-11/h2-8,11,15H,9-10H2,1H3,(H,19,23)(H,20,24). The van der Waals surface area contributed by atoms with Gasteiger partial charge in [-0.05, 0) is 30.7 Å². The summed E-state index contributed by atoms with van der Waals surface area (Å²) in [5.41, 5.74) is 1.56. The Kier molecular flexibility index (Phi) is 3.56. The van der Waals surface area contributed by atoms with Crippen LogP contribution in [-0.4, -0.2) is 45.8 Å². The molecule has 3 amide bonds. The maximum absolute atomic E-state index is 12.8. The van der Waals surface area contributed by atoms with Gasteiger partial charge in [0.25, 0.3) is 11.8 Å². The van der Waals surface area contributed by atoms with E-state index in [4.69, 9.17) is 0 Å². The van der Waals surface area contributed by atoms with Gasteiger partial charge in [0.1, 0.15) is 11.7 Å². The molecule has 7 nitrogen and oxygen atoms in total. The van der Waals surface area contributed by atoms with Gasteiger partial charge in [0.05, 0.1) is 11.3 Å². The molecule has 2 aliphatic heterocycles. The number of nitrogens with zero attached hydrogens (tertiary/aromatic N) is 2. The van der Waals surface area contributed by atoms with Gasteiger partial charge in [0, 0.05) is 25.8 Å². The molecule has 0 spiro atoms. The van der Waals surface area contributed by atoms with Crippen molar-refractivity contribution in [3.63, 3.8) is 0 Å². The van der Waals surface area contributed by atoms with Crippen LogP contribution in [0.25, 0.3) is 0 Å². The lowest BCUT2D eigenvalue weighted by molar-refractivity contribution is -0.119. The van der Waals surface area contributed by atoms with Crippen molar-refractivity contribution >= 4 is 23.4 Å². The minimum Gasteiger partial charge on any atom is -0.347 e. The molecule has 1 saturated heterocycles. The largest absolute Gasteiger partial charge is 0.347 e. The van der Waals surface area contributed by atoms with Crippen molar-refractivity contribution in [3.05, 3.63) is 53.9 Å². The number of fused-ring (bicyclic) bond motifs is 2. The molecule has 2 aromatic rings. The molecule has 3 heterocycles. The number of carbonyl (C=O) groups excluding carboxylic acids is 3. The van der Waals surface area contributed by atoms with Crippen LogP contribution in [-0.2, 0) is 11.8 Å². The fourth-order valence-corrected chi connectivity index (χ4v) is 3.52. The third-order valence-corrected chi connectivity index (χ3v) is 4.79. The van der Waals surface area contributed by atoms with Gasteiger partial charge >= 0.3 is 0 Å². The van der Waals surface area contributed by atoms with Crippen LogP contribution in [0.3, 0.4) is 0 Å². The number of rotatable bonds is 2. The van der Waals surface area contributed by atoms with E-state index in [0.29, 0.717) is 29.9 Å². The first-order valence-corrected chi connectivity index (χ1v) is 8.17. The van der Waals surface area contributed by atoms with Crippen molar-refractivity contribution in [2.75, 3.05) is 11.9 Å². The van der Waals surface area contributed by atoms with E-state index in [-0.39, 0.29) is 23.8 Å². The minimum absolute atomic E-state index is 0.186. The highest BCUT2D eigenvalue weighted by Gasteiger charge is 2.43. The zero-order valence-corrected chi connectivity index (χ0v) is 13.7. The highest BCUT2D eigenvalue weighted by molar-refractivity contribution is 6.10. The topological polar surface area (TPSA) is 83.4 Å². The average Bonchev–Trinajstić information content (AvgIpc) is 3.19. The van der Waals surface area contributed by atoms with E-state index in [1.165, 1.54) is 0 Å². The van der Waals surface area contributed by atoms with Crippen LogP contribution in [0.15, 0.2) is 42.6 Å². The summed E-state index contributed by atoms with van der Waals surface area (Å²) < 4.78 is 1.73. The molecule has 25 heavy (non-hydrogen) atoms. The van der Waals surface area contributed by atoms with Gasteiger partial charge in [0.2, 0.25) is 5.91 Å². The third-order valence-electron chi connectivity index (χ3n) is 4.79. The molecule has 2 unspecified atom stereocenters. The van der Waals surface area contributed by atoms with Gasteiger partial charge in [-0.25, -0.2) is 0 Å². The van der Waals surface area contributed by atoms with Gasteiger partial charge in [0.15, 0.2) is 0 Å². The van der Waals surface area contributed by atoms with Crippen LogP contribution >= 0.6 is 0 Å². The number of hydrogen-bond donors (Lipinski definition) is 2. The molecule has 4 rings (SSSR count). The van der Waals surface area contributed by atoms with Gasteiger partial charge < -0.3 is 20.1 Å². The van der Waals surface area contributed by atoms with Crippen LogP contribution in [0, 0.1) is 0 Å². The zero-order chi connectivity index (χ0) is 17.6. The number of aromatic nitrogens is 1. The van der Waals surface area contributed by atoms with Gasteiger partial charge in [-0.1, -0.05) is 12.1 Å². The fraction of sp³-hybridized carbons (Fsp3) is 0.278. The van der Waals surface area contributed by atoms with Crippen molar-refractivity contribution < 1.29 is 14.4 Å². The average molecular weight is 338 g/mol. The molecule has 128 valence electrons. The molecule has 0 aliphatic carbocycles. The Hall–Kier alpha value is -3.09. The van der Waals surface area contributed by atoms with Crippen molar-refractivity contribution in [2.45, 2.75) is 18.5 Å². The number of para-hydroxylation sites is 1. The lowest BCUT2D eigenvalue weighted by Crippen LogP contribution is -2.41. The van der Waals surface area contributed by atoms with Crippen molar-refractivity contribution in [1.29, 1.82) is 0 Å². The number of aryl methyl sites for hydroxylation is 1. The molecule has 7 heteroatoms. The third kappa shape index (κ3) is 2.57. The highest BCUT2D eigenvalue weighted by atomic mass is 16.2. The Morgan fingerprint density at radius 1 is 1.20 bits per heavy atom. The second-order valence-corrected chi connectivity index (χ2v) is 6.42. The summed E-state index contributed by atoms with van der Waals surface area (Å²) in [5.74, 6) is -0.605. The monoisotopic (exact) mass is 338 g/mol. The van der Waals surface area contributed by atoms with Crippen LogP contribution < -0.4 is 10.6 Å². The molecule has 2 aliphatic rings. The second-order valence-electron chi connectivity index (χ2n) is 6.42. The van der Waals surface area contributed by atoms with Gasteiger partial charge in [-0.3, -0.25) is 14.4 Å². The van der Waals surface area contributed by atoms with E-state index in [9.17, 15) is 14.4 Å². The molecular weight excluding hydrogens is 320 g/mol. The normalized spacial score (nSPS) is 22.0.